The molecule has 0 bridgehead atoms. The fraction of sp³-hybridized carbons (Fsp3) is 0.519. The van der Waals surface area contributed by atoms with E-state index < -0.39 is 15.9 Å². The molecule has 0 spiro atoms. The van der Waals surface area contributed by atoms with E-state index in [1.165, 1.54) is 11.8 Å². The summed E-state index contributed by atoms with van der Waals surface area (Å²) in [6.45, 7) is 8.86. The zero-order valence-corrected chi connectivity index (χ0v) is 23.8. The summed E-state index contributed by atoms with van der Waals surface area (Å²) < 4.78 is 28.4. The second-order valence-electron chi connectivity index (χ2n) is 9.83. The maximum Gasteiger partial charge on any atom is 0.255 e. The monoisotopic (exact) mass is 544 g/mol. The van der Waals surface area contributed by atoms with Gasteiger partial charge in [0.25, 0.3) is 11.8 Å². The molecule has 1 N–H and O–H groups in total. The first-order valence-corrected chi connectivity index (χ1v) is 15.6. The Kier molecular flexibility index (Phi) is 8.30. The summed E-state index contributed by atoms with van der Waals surface area (Å²) in [5.74, 6) is -0.486. The van der Waals surface area contributed by atoms with Crippen LogP contribution in [0.2, 0.25) is 0 Å². The fourth-order valence-corrected chi connectivity index (χ4v) is 7.51. The number of amides is 2. The number of carbonyl (C=O) groups excluding carboxylic acids is 2. The minimum Gasteiger partial charge on any atom is -0.351 e. The number of dihydropyridines is 1. The molecule has 0 saturated carbocycles. The van der Waals surface area contributed by atoms with Crippen LogP contribution in [0.25, 0.3) is 10.9 Å². The number of piperidine rings is 1. The zero-order chi connectivity index (χ0) is 26.9. The standard InChI is InChI=1S/C27H36N4O4S2/c1-6-37(34,35)30-13-11-20(12-14-30)18(3)31-19(4)25(21-9-7-8-10-23(21)31)27(33)28-16-22-24(36-5)15-17(2)29-26(22)32/h7-10,15,18,20,22H,6,11-14,16H2,1-5H3,(H,28,33)/t18-,22?/m1/s1. The minimum absolute atomic E-state index is 0.0983. The Balaban J connectivity index is 1.57. The molecule has 2 aromatic rings. The van der Waals surface area contributed by atoms with Gasteiger partial charge in [0.2, 0.25) is 10.0 Å². The van der Waals surface area contributed by atoms with Crippen LogP contribution in [-0.2, 0) is 14.8 Å². The topological polar surface area (TPSA) is 101 Å². The third-order valence-electron chi connectivity index (χ3n) is 7.71. The van der Waals surface area contributed by atoms with Crippen LogP contribution in [-0.4, -0.2) is 66.5 Å². The van der Waals surface area contributed by atoms with Gasteiger partial charge in [-0.1, -0.05) is 18.2 Å². The number of nitrogens with zero attached hydrogens (tertiary/aromatic N) is 3. The molecule has 1 fully saturated rings. The van der Waals surface area contributed by atoms with Gasteiger partial charge in [0, 0.05) is 52.9 Å². The summed E-state index contributed by atoms with van der Waals surface area (Å²) in [4.78, 5) is 31.0. The number of aliphatic imine (C=N–C) groups is 1. The number of benzene rings is 1. The summed E-state index contributed by atoms with van der Waals surface area (Å²) in [5.41, 5.74) is 3.16. The molecule has 1 saturated heterocycles. The lowest BCUT2D eigenvalue weighted by Gasteiger charge is -2.35. The van der Waals surface area contributed by atoms with Crippen molar-refractivity contribution in [1.82, 2.24) is 14.2 Å². The number of rotatable bonds is 8. The van der Waals surface area contributed by atoms with Crippen molar-refractivity contribution in [3.8, 4) is 0 Å². The number of fused-ring (bicyclic) bond motifs is 1. The van der Waals surface area contributed by atoms with Gasteiger partial charge in [0.1, 0.15) is 0 Å². The predicted molar refractivity (Wildman–Crippen MR) is 151 cm³/mol. The number of thioether (sulfide) groups is 1. The quantitative estimate of drug-likeness (QED) is 0.538. The first kappa shape index (κ1) is 27.6. The summed E-state index contributed by atoms with van der Waals surface area (Å²) in [6, 6.07) is 7.99. The predicted octanol–water partition coefficient (Wildman–Crippen LogP) is 4.17. The van der Waals surface area contributed by atoms with Crippen LogP contribution in [0.4, 0.5) is 0 Å². The summed E-state index contributed by atoms with van der Waals surface area (Å²) in [5, 5.41) is 3.88. The van der Waals surface area contributed by atoms with Crippen LogP contribution in [0.3, 0.4) is 0 Å². The van der Waals surface area contributed by atoms with Crippen molar-refractivity contribution in [2.45, 2.75) is 46.6 Å². The molecule has 0 aliphatic carbocycles. The van der Waals surface area contributed by atoms with Crippen LogP contribution in [0.1, 0.15) is 55.7 Å². The molecule has 2 aliphatic heterocycles. The summed E-state index contributed by atoms with van der Waals surface area (Å²) in [6.07, 6.45) is 5.38. The van der Waals surface area contributed by atoms with Crippen LogP contribution in [0.5, 0.6) is 0 Å². The number of nitrogens with one attached hydrogen (secondary N) is 1. The van der Waals surface area contributed by atoms with E-state index in [-0.39, 0.29) is 30.2 Å². The number of hydrogen-bond acceptors (Lipinski definition) is 5. The van der Waals surface area contributed by atoms with Gasteiger partial charge in [0.15, 0.2) is 0 Å². The van der Waals surface area contributed by atoms with Crippen LogP contribution in [0.15, 0.2) is 40.2 Å². The molecule has 2 amide bonds. The van der Waals surface area contributed by atoms with Gasteiger partial charge < -0.3 is 9.88 Å². The maximum atomic E-state index is 13.5. The molecule has 200 valence electrons. The van der Waals surface area contributed by atoms with E-state index in [1.807, 2.05) is 43.5 Å². The Hall–Kier alpha value is -2.43. The average Bonchev–Trinajstić information content (AvgIpc) is 3.18. The van der Waals surface area contributed by atoms with Gasteiger partial charge in [-0.15, -0.1) is 11.8 Å². The van der Waals surface area contributed by atoms with Crippen LogP contribution < -0.4 is 5.32 Å². The largest absolute Gasteiger partial charge is 0.351 e. The van der Waals surface area contributed by atoms with Crippen molar-refractivity contribution in [1.29, 1.82) is 0 Å². The van der Waals surface area contributed by atoms with Crippen molar-refractivity contribution in [3.63, 3.8) is 0 Å². The van der Waals surface area contributed by atoms with Gasteiger partial charge in [-0.3, -0.25) is 9.59 Å². The van der Waals surface area contributed by atoms with Crippen molar-refractivity contribution in [2.24, 2.45) is 16.8 Å². The molecule has 3 heterocycles. The maximum absolute atomic E-state index is 13.5. The van der Waals surface area contributed by atoms with Gasteiger partial charge in [-0.25, -0.2) is 17.7 Å². The Labute approximate surface area is 223 Å². The molecule has 1 aromatic carbocycles. The van der Waals surface area contributed by atoms with E-state index in [4.69, 9.17) is 0 Å². The molecule has 1 aromatic heterocycles. The molecular weight excluding hydrogens is 508 g/mol. The SMILES string of the molecule is CCS(=O)(=O)N1CCC([C@@H](C)n2c(C)c(C(=O)NCC3C(=O)N=C(C)C=C3SC)c3ccccc32)CC1. The van der Waals surface area contributed by atoms with Crippen LogP contribution in [0, 0.1) is 18.8 Å². The molecule has 37 heavy (non-hydrogen) atoms. The highest BCUT2D eigenvalue weighted by Crippen LogP contribution is 2.36. The Bertz CT molecular complexity index is 1370. The molecule has 2 aliphatic rings. The number of allylic oxidation sites excluding steroid dienone is 1. The smallest absolute Gasteiger partial charge is 0.255 e. The Morgan fingerprint density at radius 2 is 1.89 bits per heavy atom. The molecule has 10 heteroatoms. The molecule has 8 nitrogen and oxygen atoms in total. The third-order valence-corrected chi connectivity index (χ3v) is 10.5. The fourth-order valence-electron chi connectivity index (χ4n) is 5.62. The third kappa shape index (κ3) is 5.42. The van der Waals surface area contributed by atoms with Crippen molar-refractivity contribution in [3.05, 3.63) is 46.5 Å². The van der Waals surface area contributed by atoms with E-state index in [9.17, 15) is 18.0 Å². The number of para-hydroxylation sites is 1. The number of sulfonamides is 1. The first-order valence-electron chi connectivity index (χ1n) is 12.8. The van der Waals surface area contributed by atoms with E-state index >= 15 is 0 Å². The van der Waals surface area contributed by atoms with Crippen molar-refractivity contribution < 1.29 is 18.0 Å². The lowest BCUT2D eigenvalue weighted by Crippen LogP contribution is -2.40. The van der Waals surface area contributed by atoms with E-state index in [0.29, 0.717) is 30.3 Å². The number of hydrogen-bond donors (Lipinski definition) is 1. The molecule has 2 atom stereocenters. The van der Waals surface area contributed by atoms with Gasteiger partial charge in [-0.2, -0.15) is 0 Å². The van der Waals surface area contributed by atoms with E-state index in [2.05, 4.69) is 21.8 Å². The second-order valence-corrected chi connectivity index (χ2v) is 13.0. The first-order chi connectivity index (χ1) is 17.6. The van der Waals surface area contributed by atoms with Crippen LogP contribution >= 0.6 is 11.8 Å². The molecule has 1 unspecified atom stereocenters. The normalized spacial score (nSPS) is 20.6. The lowest BCUT2D eigenvalue weighted by molar-refractivity contribution is -0.120. The van der Waals surface area contributed by atoms with E-state index in [0.717, 1.165) is 34.3 Å². The van der Waals surface area contributed by atoms with E-state index in [1.54, 1.807) is 18.2 Å². The van der Waals surface area contributed by atoms with Crippen molar-refractivity contribution in [2.75, 3.05) is 31.6 Å². The highest BCUT2D eigenvalue weighted by molar-refractivity contribution is 8.02. The number of aromatic nitrogens is 1. The Morgan fingerprint density at radius 3 is 2.54 bits per heavy atom. The molecule has 0 radical (unpaired) electrons. The highest BCUT2D eigenvalue weighted by atomic mass is 32.2. The average molecular weight is 545 g/mol. The Morgan fingerprint density at radius 1 is 1.22 bits per heavy atom. The zero-order valence-electron chi connectivity index (χ0n) is 22.2. The van der Waals surface area contributed by atoms with Crippen molar-refractivity contribution >= 4 is 50.2 Å². The van der Waals surface area contributed by atoms with Gasteiger partial charge in [0.05, 0.1) is 17.2 Å². The van der Waals surface area contributed by atoms with Gasteiger partial charge >= 0.3 is 0 Å². The summed E-state index contributed by atoms with van der Waals surface area (Å²) >= 11 is 1.50. The number of carbonyl (C=O) groups is 2. The summed E-state index contributed by atoms with van der Waals surface area (Å²) in [7, 11) is -3.18. The van der Waals surface area contributed by atoms with Gasteiger partial charge in [-0.05, 0) is 64.9 Å². The lowest BCUT2D eigenvalue weighted by atomic mass is 9.91. The highest BCUT2D eigenvalue weighted by Gasteiger charge is 2.33. The molecular formula is C27H36N4O4S2. The molecule has 4 rings (SSSR count). The second kappa shape index (κ2) is 11.1. The minimum atomic E-state index is -3.18.